The van der Waals surface area contributed by atoms with E-state index in [1.54, 1.807) is 18.0 Å². The Morgan fingerprint density at radius 1 is 1.43 bits per heavy atom. The highest BCUT2D eigenvalue weighted by Crippen LogP contribution is 2.18. The van der Waals surface area contributed by atoms with E-state index in [4.69, 9.17) is 4.74 Å². The van der Waals surface area contributed by atoms with Crippen LogP contribution < -0.4 is 4.74 Å². The molecule has 0 bridgehead atoms. The van der Waals surface area contributed by atoms with Crippen LogP contribution >= 0.6 is 0 Å². The molecule has 0 saturated heterocycles. The highest BCUT2D eigenvalue weighted by molar-refractivity contribution is 5.47. The SMILES string of the molecule is COc1ncn2ncc(C(C)C)c2n1. The molecule has 0 radical (unpaired) electrons. The molecule has 0 fully saturated rings. The van der Waals surface area contributed by atoms with Gasteiger partial charge in [-0.2, -0.15) is 15.1 Å². The van der Waals surface area contributed by atoms with Crippen LogP contribution in [0.1, 0.15) is 25.3 Å². The lowest BCUT2D eigenvalue weighted by atomic mass is 10.1. The Kier molecular flexibility index (Phi) is 2.07. The van der Waals surface area contributed by atoms with Gasteiger partial charge in [-0.05, 0) is 5.92 Å². The van der Waals surface area contributed by atoms with E-state index in [0.717, 1.165) is 11.2 Å². The highest BCUT2D eigenvalue weighted by Gasteiger charge is 2.10. The number of aromatic nitrogens is 4. The number of ether oxygens (including phenoxy) is 1. The minimum atomic E-state index is 0.375. The summed E-state index contributed by atoms with van der Waals surface area (Å²) in [5, 5.41) is 4.15. The second-order valence-corrected chi connectivity index (χ2v) is 3.37. The summed E-state index contributed by atoms with van der Waals surface area (Å²) in [6.45, 7) is 4.21. The van der Waals surface area contributed by atoms with Crippen molar-refractivity contribution in [2.45, 2.75) is 19.8 Å². The van der Waals surface area contributed by atoms with Gasteiger partial charge in [0.15, 0.2) is 5.65 Å². The lowest BCUT2D eigenvalue weighted by molar-refractivity contribution is 0.379. The molecule has 0 aliphatic rings. The number of fused-ring (bicyclic) bond motifs is 1. The van der Waals surface area contributed by atoms with Gasteiger partial charge >= 0.3 is 6.01 Å². The first kappa shape index (κ1) is 8.93. The van der Waals surface area contributed by atoms with Crippen LogP contribution in [0.5, 0.6) is 6.01 Å². The van der Waals surface area contributed by atoms with Gasteiger partial charge in [0.05, 0.1) is 13.3 Å². The van der Waals surface area contributed by atoms with Crippen molar-refractivity contribution in [3.8, 4) is 6.01 Å². The Morgan fingerprint density at radius 3 is 2.86 bits per heavy atom. The van der Waals surface area contributed by atoms with Gasteiger partial charge in [-0.15, -0.1) is 0 Å². The fourth-order valence-corrected chi connectivity index (χ4v) is 1.30. The first-order chi connectivity index (χ1) is 6.72. The summed E-state index contributed by atoms with van der Waals surface area (Å²) < 4.78 is 6.61. The van der Waals surface area contributed by atoms with Crippen molar-refractivity contribution in [1.82, 2.24) is 19.6 Å². The Bertz CT molecular complexity index is 449. The molecule has 5 heteroatoms. The zero-order valence-corrected chi connectivity index (χ0v) is 8.43. The number of hydrogen-bond donors (Lipinski definition) is 0. The second-order valence-electron chi connectivity index (χ2n) is 3.37. The van der Waals surface area contributed by atoms with Crippen molar-refractivity contribution in [3.63, 3.8) is 0 Å². The van der Waals surface area contributed by atoms with E-state index in [1.807, 2.05) is 6.20 Å². The molecule has 14 heavy (non-hydrogen) atoms. The monoisotopic (exact) mass is 192 g/mol. The van der Waals surface area contributed by atoms with Crippen molar-refractivity contribution >= 4 is 5.65 Å². The minimum Gasteiger partial charge on any atom is -0.467 e. The summed E-state index contributed by atoms with van der Waals surface area (Å²) in [4.78, 5) is 8.21. The van der Waals surface area contributed by atoms with Gasteiger partial charge in [0.1, 0.15) is 6.33 Å². The maximum atomic E-state index is 4.96. The predicted octanol–water partition coefficient (Wildman–Crippen LogP) is 1.26. The molecule has 2 rings (SSSR count). The average molecular weight is 192 g/mol. The maximum Gasteiger partial charge on any atom is 0.319 e. The van der Waals surface area contributed by atoms with Crippen LogP contribution in [-0.4, -0.2) is 26.7 Å². The zero-order valence-electron chi connectivity index (χ0n) is 8.43. The van der Waals surface area contributed by atoms with E-state index in [1.165, 1.54) is 0 Å². The molecule has 0 saturated carbocycles. The van der Waals surface area contributed by atoms with Gasteiger partial charge in [-0.3, -0.25) is 0 Å². The lowest BCUT2D eigenvalue weighted by Crippen LogP contribution is -1.98. The summed E-state index contributed by atoms with van der Waals surface area (Å²) in [7, 11) is 1.55. The first-order valence-electron chi connectivity index (χ1n) is 4.46. The average Bonchev–Trinajstić information content (AvgIpc) is 2.59. The maximum absolute atomic E-state index is 4.96. The van der Waals surface area contributed by atoms with Crippen molar-refractivity contribution in [3.05, 3.63) is 18.1 Å². The first-order valence-corrected chi connectivity index (χ1v) is 4.46. The van der Waals surface area contributed by atoms with E-state index >= 15 is 0 Å². The molecule has 0 aliphatic heterocycles. The molecule has 2 aromatic rings. The van der Waals surface area contributed by atoms with Gasteiger partial charge < -0.3 is 4.74 Å². The minimum absolute atomic E-state index is 0.375. The van der Waals surface area contributed by atoms with Crippen LogP contribution in [0.2, 0.25) is 0 Å². The van der Waals surface area contributed by atoms with Crippen LogP contribution in [0.4, 0.5) is 0 Å². The predicted molar refractivity (Wildman–Crippen MR) is 51.4 cm³/mol. The molecular weight excluding hydrogens is 180 g/mol. The third kappa shape index (κ3) is 1.30. The summed E-state index contributed by atoms with van der Waals surface area (Å²) in [5.74, 6) is 0.395. The Morgan fingerprint density at radius 2 is 2.21 bits per heavy atom. The Balaban J connectivity index is 2.63. The normalized spacial score (nSPS) is 11.1. The molecule has 2 heterocycles. The van der Waals surface area contributed by atoms with Gasteiger partial charge in [-0.1, -0.05) is 13.8 Å². The third-order valence-corrected chi connectivity index (χ3v) is 2.08. The molecule has 2 aromatic heterocycles. The fraction of sp³-hybridized carbons (Fsp3) is 0.444. The molecule has 0 aliphatic carbocycles. The highest BCUT2D eigenvalue weighted by atomic mass is 16.5. The van der Waals surface area contributed by atoms with Crippen LogP contribution in [0, 0.1) is 0 Å². The molecule has 5 nitrogen and oxygen atoms in total. The molecule has 74 valence electrons. The van der Waals surface area contributed by atoms with Gasteiger partial charge in [-0.25, -0.2) is 4.52 Å². The molecule has 0 atom stereocenters. The van der Waals surface area contributed by atoms with Crippen LogP contribution in [0.25, 0.3) is 5.65 Å². The van der Waals surface area contributed by atoms with Crippen LogP contribution in [-0.2, 0) is 0 Å². The molecule has 0 N–H and O–H groups in total. The van der Waals surface area contributed by atoms with E-state index in [2.05, 4.69) is 28.9 Å². The second kappa shape index (κ2) is 3.25. The Hall–Kier alpha value is -1.65. The summed E-state index contributed by atoms with van der Waals surface area (Å²) in [6, 6.07) is 0.375. The summed E-state index contributed by atoms with van der Waals surface area (Å²) in [5.41, 5.74) is 1.91. The fourth-order valence-electron chi connectivity index (χ4n) is 1.30. The van der Waals surface area contributed by atoms with Crippen molar-refractivity contribution in [2.24, 2.45) is 0 Å². The molecule has 0 aromatic carbocycles. The largest absolute Gasteiger partial charge is 0.467 e. The van der Waals surface area contributed by atoms with E-state index < -0.39 is 0 Å². The van der Waals surface area contributed by atoms with Crippen molar-refractivity contribution in [2.75, 3.05) is 7.11 Å². The topological polar surface area (TPSA) is 52.3 Å². The summed E-state index contributed by atoms with van der Waals surface area (Å²) in [6.07, 6.45) is 3.42. The van der Waals surface area contributed by atoms with E-state index in [-0.39, 0.29) is 0 Å². The van der Waals surface area contributed by atoms with E-state index in [9.17, 15) is 0 Å². The zero-order chi connectivity index (χ0) is 10.1. The third-order valence-electron chi connectivity index (χ3n) is 2.08. The molecular formula is C9H12N4O. The summed E-state index contributed by atoms with van der Waals surface area (Å²) >= 11 is 0. The standard InChI is InChI=1S/C9H12N4O/c1-6(2)7-4-11-13-5-10-9(14-3)12-8(7)13/h4-6H,1-3H3. The number of methoxy groups -OCH3 is 1. The van der Waals surface area contributed by atoms with Crippen LogP contribution in [0.3, 0.4) is 0 Å². The van der Waals surface area contributed by atoms with E-state index in [0.29, 0.717) is 11.9 Å². The molecule has 0 amide bonds. The van der Waals surface area contributed by atoms with Crippen LogP contribution in [0.15, 0.2) is 12.5 Å². The number of nitrogens with zero attached hydrogens (tertiary/aromatic N) is 4. The molecule has 0 spiro atoms. The number of hydrogen-bond acceptors (Lipinski definition) is 4. The van der Waals surface area contributed by atoms with Gasteiger partial charge in [0.25, 0.3) is 0 Å². The Labute approximate surface area is 81.8 Å². The molecule has 0 unspecified atom stereocenters. The van der Waals surface area contributed by atoms with Crippen molar-refractivity contribution in [1.29, 1.82) is 0 Å². The lowest BCUT2D eigenvalue weighted by Gasteiger charge is -2.01. The van der Waals surface area contributed by atoms with Gasteiger partial charge in [0.2, 0.25) is 0 Å². The number of rotatable bonds is 2. The quantitative estimate of drug-likeness (QED) is 0.718. The van der Waals surface area contributed by atoms with Crippen molar-refractivity contribution < 1.29 is 4.74 Å². The smallest absolute Gasteiger partial charge is 0.319 e. The van der Waals surface area contributed by atoms with Gasteiger partial charge in [0, 0.05) is 5.56 Å².